The van der Waals surface area contributed by atoms with E-state index in [4.69, 9.17) is 10.6 Å². The Bertz CT molecular complexity index is 695. The molecule has 1 aromatic heterocycles. The predicted octanol–water partition coefficient (Wildman–Crippen LogP) is 1.48. The van der Waals surface area contributed by atoms with Crippen LogP contribution in [0, 0.1) is 0 Å². The molecular weight excluding hydrogens is 280 g/mol. The van der Waals surface area contributed by atoms with Crippen LogP contribution in [-0.2, 0) is 11.2 Å². The molecule has 0 spiro atoms. The number of methoxy groups -OCH3 is 1. The van der Waals surface area contributed by atoms with Gasteiger partial charge in [0.1, 0.15) is 5.75 Å². The van der Waals surface area contributed by atoms with Gasteiger partial charge in [-0.2, -0.15) is 0 Å². The lowest BCUT2D eigenvalue weighted by molar-refractivity contribution is -0.121. The summed E-state index contributed by atoms with van der Waals surface area (Å²) in [4.78, 5) is 17.2. The second-order valence-corrected chi connectivity index (χ2v) is 5.71. The number of hydrogen-bond donors (Lipinski definition) is 3. The maximum Gasteiger partial charge on any atom is 0.235 e. The quantitative estimate of drug-likeness (QED) is 0.454. The van der Waals surface area contributed by atoms with Crippen LogP contribution in [0.1, 0.15) is 30.6 Å². The van der Waals surface area contributed by atoms with Crippen molar-refractivity contribution in [3.8, 4) is 5.75 Å². The Balaban J connectivity index is 1.86. The number of rotatable bonds is 4. The van der Waals surface area contributed by atoms with Gasteiger partial charge in [-0.3, -0.25) is 15.1 Å². The average Bonchev–Trinajstić information content (AvgIpc) is 2.92. The van der Waals surface area contributed by atoms with Gasteiger partial charge in [0.05, 0.1) is 7.11 Å². The van der Waals surface area contributed by atoms with E-state index in [1.54, 1.807) is 7.11 Å². The zero-order valence-electron chi connectivity index (χ0n) is 13.0. The van der Waals surface area contributed by atoms with E-state index in [-0.39, 0.29) is 11.9 Å². The SMILES string of the molecule is COc1ccc2c3c([nH]c2c1)[C@H](C)N(CCC(=O)NN)CC3. The molecule has 1 aliphatic rings. The Labute approximate surface area is 129 Å². The summed E-state index contributed by atoms with van der Waals surface area (Å²) in [6.45, 7) is 3.83. The van der Waals surface area contributed by atoms with Gasteiger partial charge in [-0.25, -0.2) is 5.84 Å². The molecule has 1 atom stereocenters. The molecule has 2 heterocycles. The largest absolute Gasteiger partial charge is 0.497 e. The van der Waals surface area contributed by atoms with Crippen molar-refractivity contribution in [3.63, 3.8) is 0 Å². The fourth-order valence-corrected chi connectivity index (χ4v) is 3.26. The molecule has 4 N–H and O–H groups in total. The Kier molecular flexibility index (Phi) is 4.04. The number of hydrazine groups is 1. The monoisotopic (exact) mass is 302 g/mol. The number of carbonyl (C=O) groups excluding carboxylic acids is 1. The Morgan fingerprint density at radius 1 is 1.55 bits per heavy atom. The molecular formula is C16H22N4O2. The molecule has 0 radical (unpaired) electrons. The van der Waals surface area contributed by atoms with E-state index in [9.17, 15) is 4.79 Å². The summed E-state index contributed by atoms with van der Waals surface area (Å²) in [6.07, 6.45) is 1.40. The van der Waals surface area contributed by atoms with E-state index in [1.807, 2.05) is 12.1 Å². The summed E-state index contributed by atoms with van der Waals surface area (Å²) in [6, 6.07) is 6.41. The van der Waals surface area contributed by atoms with E-state index in [0.717, 1.165) is 24.2 Å². The zero-order valence-corrected chi connectivity index (χ0v) is 13.0. The molecule has 1 aliphatic heterocycles. The van der Waals surface area contributed by atoms with Crippen molar-refractivity contribution in [2.75, 3.05) is 20.2 Å². The van der Waals surface area contributed by atoms with Crippen LogP contribution in [0.4, 0.5) is 0 Å². The third-order valence-corrected chi connectivity index (χ3v) is 4.55. The number of aromatic amines is 1. The minimum Gasteiger partial charge on any atom is -0.497 e. The molecule has 22 heavy (non-hydrogen) atoms. The van der Waals surface area contributed by atoms with Crippen LogP contribution in [0.5, 0.6) is 5.75 Å². The predicted molar refractivity (Wildman–Crippen MR) is 85.5 cm³/mol. The highest BCUT2D eigenvalue weighted by molar-refractivity contribution is 5.86. The molecule has 0 saturated carbocycles. The number of benzene rings is 1. The molecule has 0 aliphatic carbocycles. The van der Waals surface area contributed by atoms with Gasteiger partial charge in [0, 0.05) is 48.2 Å². The van der Waals surface area contributed by atoms with Crippen LogP contribution in [0.2, 0.25) is 0 Å². The van der Waals surface area contributed by atoms with Gasteiger partial charge in [0.25, 0.3) is 0 Å². The van der Waals surface area contributed by atoms with E-state index in [1.165, 1.54) is 16.6 Å². The van der Waals surface area contributed by atoms with Gasteiger partial charge in [-0.05, 0) is 31.0 Å². The molecule has 6 nitrogen and oxygen atoms in total. The number of aromatic nitrogens is 1. The second kappa shape index (κ2) is 5.98. The van der Waals surface area contributed by atoms with Crippen LogP contribution in [0.25, 0.3) is 10.9 Å². The first-order chi connectivity index (χ1) is 10.6. The van der Waals surface area contributed by atoms with Crippen molar-refractivity contribution in [2.45, 2.75) is 25.8 Å². The number of nitrogens with zero attached hydrogens (tertiary/aromatic N) is 1. The fourth-order valence-electron chi connectivity index (χ4n) is 3.26. The smallest absolute Gasteiger partial charge is 0.235 e. The normalized spacial score (nSPS) is 18.2. The summed E-state index contributed by atoms with van der Waals surface area (Å²) < 4.78 is 5.29. The number of hydrogen-bond acceptors (Lipinski definition) is 4. The highest BCUT2D eigenvalue weighted by Gasteiger charge is 2.27. The third-order valence-electron chi connectivity index (χ3n) is 4.55. The van der Waals surface area contributed by atoms with E-state index in [2.05, 4.69) is 28.3 Å². The summed E-state index contributed by atoms with van der Waals surface area (Å²) >= 11 is 0. The lowest BCUT2D eigenvalue weighted by Crippen LogP contribution is -2.38. The van der Waals surface area contributed by atoms with E-state index in [0.29, 0.717) is 13.0 Å². The van der Waals surface area contributed by atoms with Crippen LogP contribution in [-0.4, -0.2) is 36.0 Å². The molecule has 0 fully saturated rings. The van der Waals surface area contributed by atoms with Crippen LogP contribution in [0.3, 0.4) is 0 Å². The standard InChI is InChI=1S/C16H22N4O2/c1-10-16-13(5-7-20(10)8-6-15(21)19-17)12-4-3-11(22-2)9-14(12)18-16/h3-4,9-10,18H,5-8,17H2,1-2H3,(H,19,21)/t10-/m0/s1. The number of fused-ring (bicyclic) bond motifs is 3. The van der Waals surface area contributed by atoms with Crippen LogP contribution in [0.15, 0.2) is 18.2 Å². The summed E-state index contributed by atoms with van der Waals surface area (Å²) in [5.41, 5.74) is 5.91. The number of nitrogens with two attached hydrogens (primary N) is 1. The minimum atomic E-state index is -0.126. The second-order valence-electron chi connectivity index (χ2n) is 5.71. The summed E-state index contributed by atoms with van der Waals surface area (Å²) in [5, 5.41) is 1.27. The highest BCUT2D eigenvalue weighted by Crippen LogP contribution is 2.35. The van der Waals surface area contributed by atoms with Gasteiger partial charge < -0.3 is 9.72 Å². The van der Waals surface area contributed by atoms with Crippen molar-refractivity contribution in [3.05, 3.63) is 29.5 Å². The Hall–Kier alpha value is -2.05. The lowest BCUT2D eigenvalue weighted by Gasteiger charge is -2.33. The summed E-state index contributed by atoms with van der Waals surface area (Å²) in [7, 11) is 1.68. The van der Waals surface area contributed by atoms with Crippen LogP contribution >= 0.6 is 0 Å². The number of carbonyl (C=O) groups is 1. The fraction of sp³-hybridized carbons (Fsp3) is 0.438. The number of H-pyrrole nitrogens is 1. The van der Waals surface area contributed by atoms with Crippen molar-refractivity contribution >= 4 is 16.8 Å². The molecule has 0 unspecified atom stereocenters. The number of ether oxygens (including phenoxy) is 1. The number of nitrogens with one attached hydrogen (secondary N) is 2. The molecule has 2 aromatic rings. The van der Waals surface area contributed by atoms with Crippen molar-refractivity contribution in [2.24, 2.45) is 5.84 Å². The minimum absolute atomic E-state index is 0.126. The Morgan fingerprint density at radius 3 is 3.09 bits per heavy atom. The molecule has 0 saturated heterocycles. The maximum absolute atomic E-state index is 11.3. The molecule has 118 valence electrons. The highest BCUT2D eigenvalue weighted by atomic mass is 16.5. The summed E-state index contributed by atoms with van der Waals surface area (Å²) in [5.74, 6) is 5.87. The first-order valence-electron chi connectivity index (χ1n) is 7.56. The first-order valence-corrected chi connectivity index (χ1v) is 7.56. The van der Waals surface area contributed by atoms with Gasteiger partial charge in [0.15, 0.2) is 0 Å². The molecule has 1 aromatic carbocycles. The molecule has 6 heteroatoms. The number of amides is 1. The van der Waals surface area contributed by atoms with Gasteiger partial charge >= 0.3 is 0 Å². The lowest BCUT2D eigenvalue weighted by atomic mass is 9.98. The van der Waals surface area contributed by atoms with Crippen LogP contribution < -0.4 is 16.0 Å². The maximum atomic E-state index is 11.3. The van der Waals surface area contributed by atoms with E-state index >= 15 is 0 Å². The average molecular weight is 302 g/mol. The third kappa shape index (κ3) is 2.55. The van der Waals surface area contributed by atoms with Crippen molar-refractivity contribution in [1.29, 1.82) is 0 Å². The molecule has 1 amide bonds. The zero-order chi connectivity index (χ0) is 15.7. The van der Waals surface area contributed by atoms with Crippen molar-refractivity contribution < 1.29 is 9.53 Å². The van der Waals surface area contributed by atoms with Gasteiger partial charge in [-0.15, -0.1) is 0 Å². The molecule has 0 bridgehead atoms. The molecule has 3 rings (SSSR count). The van der Waals surface area contributed by atoms with Gasteiger partial charge in [-0.1, -0.05) is 0 Å². The first kappa shape index (κ1) is 14.9. The van der Waals surface area contributed by atoms with E-state index < -0.39 is 0 Å². The Morgan fingerprint density at radius 2 is 2.36 bits per heavy atom. The van der Waals surface area contributed by atoms with Crippen molar-refractivity contribution in [1.82, 2.24) is 15.3 Å². The topological polar surface area (TPSA) is 83.4 Å². The van der Waals surface area contributed by atoms with Gasteiger partial charge in [0.2, 0.25) is 5.91 Å².